The normalized spacial score (nSPS) is 12.2. The molecule has 0 bridgehead atoms. The lowest BCUT2D eigenvalue weighted by Gasteiger charge is -2.17. The van der Waals surface area contributed by atoms with Gasteiger partial charge in [-0.2, -0.15) is 0 Å². The van der Waals surface area contributed by atoms with Crippen molar-refractivity contribution in [2.75, 3.05) is 32.2 Å². The minimum atomic E-state index is -0.150. The van der Waals surface area contributed by atoms with Crippen LogP contribution in [-0.2, 0) is 9.53 Å². The minimum absolute atomic E-state index is 0.0285. The molecule has 21 heavy (non-hydrogen) atoms. The number of anilines is 1. The van der Waals surface area contributed by atoms with Crippen molar-refractivity contribution in [1.29, 1.82) is 0 Å². The number of amides is 1. The van der Waals surface area contributed by atoms with Gasteiger partial charge >= 0.3 is 0 Å². The van der Waals surface area contributed by atoms with E-state index >= 15 is 0 Å². The molecule has 0 radical (unpaired) electrons. The summed E-state index contributed by atoms with van der Waals surface area (Å²) in [6, 6.07) is 7.29. The number of nitrogens with two attached hydrogens (primary N) is 1. The van der Waals surface area contributed by atoms with Crippen molar-refractivity contribution in [3.63, 3.8) is 0 Å². The fourth-order valence-corrected chi connectivity index (χ4v) is 2.00. The van der Waals surface area contributed by atoms with Gasteiger partial charge in [0.1, 0.15) is 12.4 Å². The summed E-state index contributed by atoms with van der Waals surface area (Å²) in [5.41, 5.74) is 6.43. The lowest BCUT2D eigenvalue weighted by atomic mass is 9.96. The predicted molar refractivity (Wildman–Crippen MR) is 84.4 cm³/mol. The van der Waals surface area contributed by atoms with Gasteiger partial charge in [0.05, 0.1) is 12.5 Å². The van der Waals surface area contributed by atoms with E-state index in [4.69, 9.17) is 15.2 Å². The lowest BCUT2D eigenvalue weighted by molar-refractivity contribution is -0.120. The van der Waals surface area contributed by atoms with Crippen molar-refractivity contribution in [1.82, 2.24) is 0 Å². The van der Waals surface area contributed by atoms with E-state index in [2.05, 4.69) is 19.2 Å². The van der Waals surface area contributed by atoms with Gasteiger partial charge in [0, 0.05) is 19.3 Å². The highest BCUT2D eigenvalue weighted by molar-refractivity contribution is 5.92. The summed E-state index contributed by atoms with van der Waals surface area (Å²) >= 11 is 0. The van der Waals surface area contributed by atoms with Gasteiger partial charge < -0.3 is 20.5 Å². The number of carbonyl (C=O) groups is 1. The molecule has 5 heteroatoms. The Morgan fingerprint density at radius 2 is 1.90 bits per heavy atom. The first kappa shape index (κ1) is 17.5. The van der Waals surface area contributed by atoms with Crippen molar-refractivity contribution < 1.29 is 14.3 Å². The molecule has 1 unspecified atom stereocenters. The summed E-state index contributed by atoms with van der Waals surface area (Å²) in [6.07, 6.45) is 0.792. The second kappa shape index (κ2) is 9.37. The highest BCUT2D eigenvalue weighted by Gasteiger charge is 2.18. The first-order chi connectivity index (χ1) is 10.1. The molecule has 0 aliphatic carbocycles. The first-order valence-corrected chi connectivity index (χ1v) is 7.29. The predicted octanol–water partition coefficient (Wildman–Crippen LogP) is 2.27. The molecule has 5 nitrogen and oxygen atoms in total. The average molecular weight is 294 g/mol. The molecule has 0 saturated carbocycles. The molecule has 1 aromatic carbocycles. The first-order valence-electron chi connectivity index (χ1n) is 7.29. The molecule has 118 valence electrons. The van der Waals surface area contributed by atoms with E-state index in [1.807, 2.05) is 24.3 Å². The molecule has 3 N–H and O–H groups in total. The van der Waals surface area contributed by atoms with Crippen molar-refractivity contribution in [2.24, 2.45) is 17.6 Å². The van der Waals surface area contributed by atoms with Crippen molar-refractivity contribution in [3.05, 3.63) is 24.3 Å². The Hall–Kier alpha value is -1.59. The molecule has 0 aliphatic heterocycles. The third-order valence-electron chi connectivity index (χ3n) is 3.09. The van der Waals surface area contributed by atoms with Crippen LogP contribution in [0.1, 0.15) is 20.3 Å². The number of rotatable bonds is 9. The van der Waals surface area contributed by atoms with Gasteiger partial charge in [0.15, 0.2) is 0 Å². The van der Waals surface area contributed by atoms with Crippen LogP contribution in [0.2, 0.25) is 0 Å². The molecule has 1 amide bonds. The highest BCUT2D eigenvalue weighted by Crippen LogP contribution is 2.18. The van der Waals surface area contributed by atoms with Crippen LogP contribution in [-0.4, -0.2) is 32.8 Å². The summed E-state index contributed by atoms with van der Waals surface area (Å²) in [5.74, 6) is 1.02. The Morgan fingerprint density at radius 3 is 2.43 bits per heavy atom. The molecule has 0 saturated heterocycles. The summed E-state index contributed by atoms with van der Waals surface area (Å²) in [6.45, 7) is 5.59. The van der Waals surface area contributed by atoms with Crippen LogP contribution in [0.15, 0.2) is 24.3 Å². The maximum atomic E-state index is 12.1. The third-order valence-corrected chi connectivity index (χ3v) is 3.09. The van der Waals surface area contributed by atoms with Crippen LogP contribution in [0.4, 0.5) is 5.69 Å². The molecule has 1 aromatic rings. The number of ether oxygens (including phenoxy) is 2. The Bertz CT molecular complexity index is 418. The topological polar surface area (TPSA) is 73.6 Å². The van der Waals surface area contributed by atoms with Gasteiger partial charge in [0.25, 0.3) is 0 Å². The smallest absolute Gasteiger partial charge is 0.228 e. The zero-order valence-corrected chi connectivity index (χ0v) is 13.1. The van der Waals surface area contributed by atoms with E-state index in [9.17, 15) is 4.79 Å². The second-order valence-electron chi connectivity index (χ2n) is 5.42. The van der Waals surface area contributed by atoms with Crippen LogP contribution in [0, 0.1) is 11.8 Å². The number of carbonyl (C=O) groups excluding carboxylic acids is 1. The maximum Gasteiger partial charge on any atom is 0.228 e. The number of hydrogen-bond donors (Lipinski definition) is 2. The molecule has 0 aliphatic rings. The van der Waals surface area contributed by atoms with Gasteiger partial charge in [-0.05, 0) is 36.6 Å². The summed E-state index contributed by atoms with van der Waals surface area (Å²) in [4.78, 5) is 12.1. The Morgan fingerprint density at radius 1 is 1.24 bits per heavy atom. The molecular formula is C16H26N2O3. The number of nitrogens with one attached hydrogen (secondary N) is 1. The standard InChI is InChI=1S/C16H26N2O3/c1-12(2)10-13(11-17)16(19)18-14-4-6-15(7-5-14)21-9-8-20-3/h4-7,12-13H,8-11,17H2,1-3H3,(H,18,19). The monoisotopic (exact) mass is 294 g/mol. The summed E-state index contributed by atoms with van der Waals surface area (Å²) in [5, 5.41) is 2.89. The zero-order valence-electron chi connectivity index (χ0n) is 13.1. The Balaban J connectivity index is 2.52. The molecular weight excluding hydrogens is 268 g/mol. The van der Waals surface area contributed by atoms with Crippen molar-refractivity contribution in [2.45, 2.75) is 20.3 Å². The van der Waals surface area contributed by atoms with Crippen LogP contribution in [0.5, 0.6) is 5.75 Å². The van der Waals surface area contributed by atoms with E-state index in [1.54, 1.807) is 7.11 Å². The van der Waals surface area contributed by atoms with Crippen LogP contribution < -0.4 is 15.8 Å². The largest absolute Gasteiger partial charge is 0.491 e. The van der Waals surface area contributed by atoms with E-state index in [0.717, 1.165) is 17.9 Å². The Labute approximate surface area is 126 Å². The minimum Gasteiger partial charge on any atom is -0.491 e. The van der Waals surface area contributed by atoms with E-state index < -0.39 is 0 Å². The van der Waals surface area contributed by atoms with Gasteiger partial charge in [-0.3, -0.25) is 4.79 Å². The maximum absolute atomic E-state index is 12.1. The number of benzene rings is 1. The third kappa shape index (κ3) is 6.60. The van der Waals surface area contributed by atoms with E-state index in [0.29, 0.717) is 25.7 Å². The van der Waals surface area contributed by atoms with Crippen LogP contribution >= 0.6 is 0 Å². The molecule has 0 heterocycles. The van der Waals surface area contributed by atoms with Gasteiger partial charge in [-0.1, -0.05) is 13.8 Å². The Kier molecular flexibility index (Phi) is 7.79. The quantitative estimate of drug-likeness (QED) is 0.685. The molecule has 0 spiro atoms. The molecule has 0 fully saturated rings. The molecule has 0 aromatic heterocycles. The fourth-order valence-electron chi connectivity index (χ4n) is 2.00. The van der Waals surface area contributed by atoms with E-state index in [1.165, 1.54) is 0 Å². The second-order valence-corrected chi connectivity index (χ2v) is 5.42. The van der Waals surface area contributed by atoms with Gasteiger partial charge in [-0.15, -0.1) is 0 Å². The lowest BCUT2D eigenvalue weighted by Crippen LogP contribution is -2.30. The number of methoxy groups -OCH3 is 1. The zero-order chi connectivity index (χ0) is 15.7. The SMILES string of the molecule is COCCOc1ccc(NC(=O)C(CN)CC(C)C)cc1. The van der Waals surface area contributed by atoms with Crippen LogP contribution in [0.25, 0.3) is 0 Å². The van der Waals surface area contributed by atoms with Crippen molar-refractivity contribution in [3.8, 4) is 5.75 Å². The van der Waals surface area contributed by atoms with Crippen LogP contribution in [0.3, 0.4) is 0 Å². The number of hydrogen-bond acceptors (Lipinski definition) is 4. The average Bonchev–Trinajstić information content (AvgIpc) is 2.46. The van der Waals surface area contributed by atoms with E-state index in [-0.39, 0.29) is 11.8 Å². The van der Waals surface area contributed by atoms with Gasteiger partial charge in [-0.25, -0.2) is 0 Å². The molecule has 1 atom stereocenters. The highest BCUT2D eigenvalue weighted by atomic mass is 16.5. The van der Waals surface area contributed by atoms with Gasteiger partial charge in [0.2, 0.25) is 5.91 Å². The molecule has 1 rings (SSSR count). The summed E-state index contributed by atoms with van der Waals surface area (Å²) < 4.78 is 10.4. The summed E-state index contributed by atoms with van der Waals surface area (Å²) in [7, 11) is 1.63. The fraction of sp³-hybridized carbons (Fsp3) is 0.562. The van der Waals surface area contributed by atoms with Crippen molar-refractivity contribution >= 4 is 11.6 Å².